The number of esters is 1. The maximum atomic E-state index is 13.0. The molecule has 4 fully saturated rings. The standard InChI is InChI=1S/C20H26O5/c1-11-9-17-10-18(11,23)7-8-20(17)19(25-20)6-5-12(21)16(2,3)14(19)13(17)15(22)24-4/h5-6,12-14,21,23H,1,7-10H2,2-4H3/t12-,13+,14+,17+,18-,19-,20+/m0/s1. The lowest BCUT2D eigenvalue weighted by Gasteiger charge is -2.47. The Hall–Kier alpha value is -1.17. The smallest absolute Gasteiger partial charge is 0.309 e. The van der Waals surface area contributed by atoms with E-state index < -0.39 is 39.7 Å². The molecule has 1 heterocycles. The van der Waals surface area contributed by atoms with Crippen LogP contribution in [-0.2, 0) is 14.3 Å². The molecule has 0 radical (unpaired) electrons. The van der Waals surface area contributed by atoms with E-state index in [1.54, 1.807) is 0 Å². The first-order valence-corrected chi connectivity index (χ1v) is 9.16. The van der Waals surface area contributed by atoms with Gasteiger partial charge in [-0.25, -0.2) is 0 Å². The van der Waals surface area contributed by atoms with Crippen molar-refractivity contribution in [3.05, 3.63) is 24.3 Å². The van der Waals surface area contributed by atoms with Crippen molar-refractivity contribution >= 4 is 5.97 Å². The van der Waals surface area contributed by atoms with Crippen LogP contribution in [0.5, 0.6) is 0 Å². The van der Waals surface area contributed by atoms with Crippen molar-refractivity contribution in [3.8, 4) is 0 Å². The van der Waals surface area contributed by atoms with E-state index in [1.165, 1.54) is 7.11 Å². The Labute approximate surface area is 147 Å². The minimum atomic E-state index is -0.912. The summed E-state index contributed by atoms with van der Waals surface area (Å²) in [6.07, 6.45) is 5.58. The molecule has 2 N–H and O–H groups in total. The zero-order chi connectivity index (χ0) is 18.0. The molecule has 2 bridgehead atoms. The van der Waals surface area contributed by atoms with Crippen LogP contribution in [0.1, 0.15) is 39.5 Å². The number of hydrogen-bond donors (Lipinski definition) is 2. The van der Waals surface area contributed by atoms with Gasteiger partial charge in [0.1, 0.15) is 11.2 Å². The van der Waals surface area contributed by atoms with Crippen LogP contribution in [0.4, 0.5) is 0 Å². The third-order valence-electron chi connectivity index (χ3n) is 8.36. The molecule has 1 aliphatic heterocycles. The molecule has 136 valence electrons. The number of rotatable bonds is 1. The van der Waals surface area contributed by atoms with Crippen molar-refractivity contribution in [1.29, 1.82) is 0 Å². The highest BCUT2D eigenvalue weighted by Gasteiger charge is 2.93. The minimum absolute atomic E-state index is 0.180. The quantitative estimate of drug-likeness (QED) is 0.429. The largest absolute Gasteiger partial charge is 0.469 e. The van der Waals surface area contributed by atoms with E-state index in [0.29, 0.717) is 25.7 Å². The molecule has 5 heteroatoms. The van der Waals surface area contributed by atoms with Crippen LogP contribution in [0.25, 0.3) is 0 Å². The zero-order valence-electron chi connectivity index (χ0n) is 15.0. The maximum absolute atomic E-state index is 13.0. The number of carbonyl (C=O) groups is 1. The summed E-state index contributed by atoms with van der Waals surface area (Å²) >= 11 is 0. The average Bonchev–Trinajstić information content (AvgIpc) is 3.07. The second kappa shape index (κ2) is 4.05. The Kier molecular flexibility index (Phi) is 2.60. The number of ether oxygens (including phenoxy) is 2. The van der Waals surface area contributed by atoms with Crippen LogP contribution in [0.15, 0.2) is 24.3 Å². The average molecular weight is 346 g/mol. The molecular weight excluding hydrogens is 320 g/mol. The van der Waals surface area contributed by atoms with E-state index in [9.17, 15) is 15.0 Å². The van der Waals surface area contributed by atoms with Gasteiger partial charge in [0, 0.05) is 16.7 Å². The van der Waals surface area contributed by atoms with E-state index in [4.69, 9.17) is 9.47 Å². The molecule has 0 unspecified atom stereocenters. The Bertz CT molecular complexity index is 740. The van der Waals surface area contributed by atoms with Crippen molar-refractivity contribution < 1.29 is 24.5 Å². The lowest BCUT2D eigenvalue weighted by molar-refractivity contribution is -0.167. The third kappa shape index (κ3) is 1.38. The van der Waals surface area contributed by atoms with Gasteiger partial charge >= 0.3 is 5.97 Å². The fraction of sp³-hybridized carbons (Fsp3) is 0.750. The van der Waals surface area contributed by atoms with E-state index >= 15 is 0 Å². The highest BCUT2D eigenvalue weighted by atomic mass is 16.6. The first kappa shape index (κ1) is 16.0. The van der Waals surface area contributed by atoms with Crippen molar-refractivity contribution in [2.45, 2.75) is 62.4 Å². The van der Waals surface area contributed by atoms with E-state index in [1.807, 2.05) is 26.0 Å². The van der Waals surface area contributed by atoms with Gasteiger partial charge in [-0.2, -0.15) is 0 Å². The predicted octanol–water partition coefficient (Wildman–Crippen LogP) is 1.73. The summed E-state index contributed by atoms with van der Waals surface area (Å²) in [5, 5.41) is 21.7. The summed E-state index contributed by atoms with van der Waals surface area (Å²) in [5.41, 5.74) is -2.12. The first-order chi connectivity index (χ1) is 11.6. The van der Waals surface area contributed by atoms with Gasteiger partial charge in [0.15, 0.2) is 0 Å². The molecule has 0 aromatic carbocycles. The molecule has 0 aromatic rings. The molecule has 0 aromatic heterocycles. The van der Waals surface area contributed by atoms with Crippen LogP contribution in [0, 0.1) is 22.7 Å². The molecule has 5 rings (SSSR count). The molecule has 25 heavy (non-hydrogen) atoms. The second-order valence-electron chi connectivity index (χ2n) is 9.47. The van der Waals surface area contributed by atoms with Gasteiger partial charge in [-0.05, 0) is 31.3 Å². The van der Waals surface area contributed by atoms with Gasteiger partial charge < -0.3 is 19.7 Å². The lowest BCUT2D eigenvalue weighted by Crippen LogP contribution is -2.52. The fourth-order valence-corrected chi connectivity index (χ4v) is 7.20. The number of methoxy groups -OCH3 is 1. The minimum Gasteiger partial charge on any atom is -0.469 e. The van der Waals surface area contributed by atoms with Crippen molar-refractivity contribution in [1.82, 2.24) is 0 Å². The predicted molar refractivity (Wildman–Crippen MR) is 89.5 cm³/mol. The van der Waals surface area contributed by atoms with Crippen molar-refractivity contribution in [2.75, 3.05) is 7.11 Å². The van der Waals surface area contributed by atoms with Crippen molar-refractivity contribution in [3.63, 3.8) is 0 Å². The Balaban J connectivity index is 1.76. The SMILES string of the molecule is C=C1C[C@]23C[C@@]1(O)CC[C@@]21O[C@]12C=C[C@H](O)C(C)(C)[C@H]2[C@@H]3C(=O)OC. The number of hydrogen-bond acceptors (Lipinski definition) is 5. The topological polar surface area (TPSA) is 79.3 Å². The Morgan fingerprint density at radius 1 is 1.40 bits per heavy atom. The van der Waals surface area contributed by atoms with Crippen LogP contribution >= 0.6 is 0 Å². The van der Waals surface area contributed by atoms with Crippen molar-refractivity contribution in [2.24, 2.45) is 22.7 Å². The normalized spacial score (nSPS) is 56.8. The van der Waals surface area contributed by atoms with E-state index in [0.717, 1.165) is 5.57 Å². The van der Waals surface area contributed by atoms with Gasteiger partial charge in [0.25, 0.3) is 0 Å². The summed E-state index contributed by atoms with van der Waals surface area (Å²) in [7, 11) is 1.42. The third-order valence-corrected chi connectivity index (χ3v) is 8.36. The van der Waals surface area contributed by atoms with E-state index in [2.05, 4.69) is 6.58 Å². The van der Waals surface area contributed by atoms with Crippen LogP contribution in [0.2, 0.25) is 0 Å². The highest BCUT2D eigenvalue weighted by Crippen LogP contribution is 2.85. The molecule has 3 saturated carbocycles. The summed E-state index contributed by atoms with van der Waals surface area (Å²) < 4.78 is 11.7. The molecule has 5 aliphatic rings. The molecular formula is C20H26O5. The lowest BCUT2D eigenvalue weighted by atomic mass is 9.59. The number of aliphatic hydroxyl groups is 2. The number of carbonyl (C=O) groups excluding carboxylic acids is 1. The monoisotopic (exact) mass is 346 g/mol. The Morgan fingerprint density at radius 2 is 2.12 bits per heavy atom. The summed E-state index contributed by atoms with van der Waals surface area (Å²) in [6.45, 7) is 8.14. The van der Waals surface area contributed by atoms with Crippen LogP contribution in [-0.4, -0.2) is 46.2 Å². The summed E-state index contributed by atoms with van der Waals surface area (Å²) in [5.74, 6) is -0.846. The van der Waals surface area contributed by atoms with Gasteiger partial charge in [-0.3, -0.25) is 4.79 Å². The molecule has 7 atom stereocenters. The molecule has 0 amide bonds. The van der Waals surface area contributed by atoms with E-state index in [-0.39, 0.29) is 11.9 Å². The maximum Gasteiger partial charge on any atom is 0.309 e. The van der Waals surface area contributed by atoms with Gasteiger partial charge in [0.05, 0.1) is 24.7 Å². The van der Waals surface area contributed by atoms with Crippen LogP contribution < -0.4 is 0 Å². The zero-order valence-corrected chi connectivity index (χ0v) is 15.0. The second-order valence-corrected chi connectivity index (χ2v) is 9.47. The fourth-order valence-electron chi connectivity index (χ4n) is 7.20. The van der Waals surface area contributed by atoms with Gasteiger partial charge in [-0.15, -0.1) is 0 Å². The highest BCUT2D eigenvalue weighted by molar-refractivity contribution is 5.78. The number of fused-ring (bicyclic) bond motifs is 1. The summed E-state index contributed by atoms with van der Waals surface area (Å²) in [6, 6.07) is 0. The van der Waals surface area contributed by atoms with Gasteiger partial charge in [0.2, 0.25) is 0 Å². The Morgan fingerprint density at radius 3 is 2.80 bits per heavy atom. The number of aliphatic hydroxyl groups excluding tert-OH is 1. The van der Waals surface area contributed by atoms with Crippen LogP contribution in [0.3, 0.4) is 0 Å². The van der Waals surface area contributed by atoms with Gasteiger partial charge in [-0.1, -0.05) is 32.6 Å². The number of epoxide rings is 1. The molecule has 4 aliphatic carbocycles. The molecule has 5 nitrogen and oxygen atoms in total. The molecule has 1 saturated heterocycles. The summed E-state index contributed by atoms with van der Waals surface area (Å²) in [4.78, 5) is 13.0. The molecule has 3 spiro atoms. The first-order valence-electron chi connectivity index (χ1n) is 9.16.